The molecule has 1 aromatic heterocycles. The average Bonchev–Trinajstić information content (AvgIpc) is 3.11. The zero-order chi connectivity index (χ0) is 16.2. The number of fused-ring (bicyclic) bond motifs is 1. The summed E-state index contributed by atoms with van der Waals surface area (Å²) in [6.45, 7) is 3.48. The Balaban J connectivity index is 1.92. The van der Waals surface area contributed by atoms with Crippen LogP contribution in [0.2, 0.25) is 0 Å². The molecule has 5 nitrogen and oxygen atoms in total. The molecule has 2 heterocycles. The van der Waals surface area contributed by atoms with Crippen molar-refractivity contribution >= 4 is 22.9 Å². The Hall–Kier alpha value is -2.05. The zero-order valence-corrected chi connectivity index (χ0v) is 13.8. The van der Waals surface area contributed by atoms with Crippen molar-refractivity contribution in [1.82, 2.24) is 0 Å². The van der Waals surface area contributed by atoms with E-state index >= 15 is 0 Å². The van der Waals surface area contributed by atoms with Crippen molar-refractivity contribution in [2.45, 2.75) is 25.9 Å². The van der Waals surface area contributed by atoms with Crippen LogP contribution in [-0.4, -0.2) is 25.2 Å². The van der Waals surface area contributed by atoms with Crippen LogP contribution in [-0.2, 0) is 11.3 Å². The summed E-state index contributed by atoms with van der Waals surface area (Å²) in [5, 5.41) is 2.00. The lowest BCUT2D eigenvalue weighted by Crippen LogP contribution is -2.43. The quantitative estimate of drug-likeness (QED) is 0.914. The molecule has 2 N–H and O–H groups in total. The molecule has 1 unspecified atom stereocenters. The van der Waals surface area contributed by atoms with Gasteiger partial charge in [0.1, 0.15) is 13.2 Å². The summed E-state index contributed by atoms with van der Waals surface area (Å²) >= 11 is 1.62. The van der Waals surface area contributed by atoms with E-state index in [-0.39, 0.29) is 5.91 Å². The second kappa shape index (κ2) is 7.02. The molecule has 1 amide bonds. The van der Waals surface area contributed by atoms with Gasteiger partial charge in [-0.25, -0.2) is 0 Å². The normalized spacial score (nSPS) is 14.3. The van der Waals surface area contributed by atoms with Crippen LogP contribution in [0.3, 0.4) is 0 Å². The van der Waals surface area contributed by atoms with Gasteiger partial charge in [-0.1, -0.05) is 13.0 Å². The van der Waals surface area contributed by atoms with E-state index < -0.39 is 6.04 Å². The highest BCUT2D eigenvalue weighted by atomic mass is 32.1. The van der Waals surface area contributed by atoms with Crippen molar-refractivity contribution in [2.24, 2.45) is 5.73 Å². The van der Waals surface area contributed by atoms with Crippen molar-refractivity contribution in [3.8, 4) is 11.5 Å². The third-order valence-electron chi connectivity index (χ3n) is 3.75. The lowest BCUT2D eigenvalue weighted by atomic mass is 10.1. The molecule has 1 aliphatic heterocycles. The van der Waals surface area contributed by atoms with E-state index in [2.05, 4.69) is 0 Å². The Kier molecular flexibility index (Phi) is 4.83. The summed E-state index contributed by atoms with van der Waals surface area (Å²) in [5.41, 5.74) is 6.75. The highest BCUT2D eigenvalue weighted by molar-refractivity contribution is 7.09. The molecular formula is C17H20N2O3S. The number of carbonyl (C=O) groups excluding carboxylic acids is 1. The summed E-state index contributed by atoms with van der Waals surface area (Å²) in [4.78, 5) is 15.5. The first-order valence-electron chi connectivity index (χ1n) is 7.68. The molecule has 122 valence electrons. The number of thiophene rings is 1. The molecule has 0 aliphatic carbocycles. The van der Waals surface area contributed by atoms with Crippen LogP contribution in [0.5, 0.6) is 11.5 Å². The fourth-order valence-corrected chi connectivity index (χ4v) is 3.12. The smallest absolute Gasteiger partial charge is 0.244 e. The third kappa shape index (κ3) is 3.48. The first-order chi connectivity index (χ1) is 11.2. The minimum absolute atomic E-state index is 0.0856. The van der Waals surface area contributed by atoms with Crippen LogP contribution in [0.25, 0.3) is 0 Å². The van der Waals surface area contributed by atoms with Gasteiger partial charge in [-0.05, 0) is 30.0 Å². The summed E-state index contributed by atoms with van der Waals surface area (Å²) in [6, 6.07) is 9.05. The molecule has 0 saturated heterocycles. The highest BCUT2D eigenvalue weighted by Gasteiger charge is 2.23. The topological polar surface area (TPSA) is 64.8 Å². The number of nitrogens with zero attached hydrogens (tertiary/aromatic N) is 1. The maximum Gasteiger partial charge on any atom is 0.244 e. The summed E-state index contributed by atoms with van der Waals surface area (Å²) < 4.78 is 11.2. The number of anilines is 1. The first-order valence-corrected chi connectivity index (χ1v) is 8.56. The number of amides is 1. The van der Waals surface area contributed by atoms with E-state index in [1.165, 1.54) is 0 Å². The summed E-state index contributed by atoms with van der Waals surface area (Å²) in [5.74, 6) is 1.30. The lowest BCUT2D eigenvalue weighted by molar-refractivity contribution is -0.120. The maximum atomic E-state index is 12.7. The molecule has 23 heavy (non-hydrogen) atoms. The SMILES string of the molecule is CCC(N)C(=O)N(Cc1cccs1)c1ccc2c(c1)OCCO2. The number of benzene rings is 1. The zero-order valence-electron chi connectivity index (χ0n) is 13.0. The third-order valence-corrected chi connectivity index (χ3v) is 4.62. The van der Waals surface area contributed by atoms with Crippen molar-refractivity contribution < 1.29 is 14.3 Å². The molecule has 1 atom stereocenters. The van der Waals surface area contributed by atoms with E-state index in [0.717, 1.165) is 10.6 Å². The van der Waals surface area contributed by atoms with E-state index in [1.807, 2.05) is 42.6 Å². The van der Waals surface area contributed by atoms with Gasteiger partial charge in [0.15, 0.2) is 11.5 Å². The van der Waals surface area contributed by atoms with E-state index in [0.29, 0.717) is 37.7 Å². The fraction of sp³-hybridized carbons (Fsp3) is 0.353. The molecule has 2 aromatic rings. The minimum Gasteiger partial charge on any atom is -0.486 e. The molecular weight excluding hydrogens is 312 g/mol. The first kappa shape index (κ1) is 15.8. The van der Waals surface area contributed by atoms with Crippen LogP contribution >= 0.6 is 11.3 Å². The van der Waals surface area contributed by atoms with Gasteiger partial charge in [-0.3, -0.25) is 4.79 Å². The summed E-state index contributed by atoms with van der Waals surface area (Å²) in [6.07, 6.45) is 0.602. The maximum absolute atomic E-state index is 12.7. The largest absolute Gasteiger partial charge is 0.486 e. The standard InChI is InChI=1S/C17H20N2O3S/c1-2-14(18)17(20)19(11-13-4-3-9-23-13)12-5-6-15-16(10-12)22-8-7-21-15/h3-6,9-10,14H,2,7-8,11,18H2,1H3. The second-order valence-electron chi connectivity index (χ2n) is 5.35. The molecule has 0 spiro atoms. The van der Waals surface area contributed by atoms with Gasteiger partial charge < -0.3 is 20.1 Å². The van der Waals surface area contributed by atoms with Crippen LogP contribution in [0.1, 0.15) is 18.2 Å². The minimum atomic E-state index is -0.511. The summed E-state index contributed by atoms with van der Waals surface area (Å²) in [7, 11) is 0. The van der Waals surface area contributed by atoms with Gasteiger partial charge in [0, 0.05) is 16.6 Å². The van der Waals surface area contributed by atoms with E-state index in [4.69, 9.17) is 15.2 Å². The number of hydrogen-bond acceptors (Lipinski definition) is 5. The van der Waals surface area contributed by atoms with Crippen molar-refractivity contribution in [3.63, 3.8) is 0 Å². The van der Waals surface area contributed by atoms with E-state index in [1.54, 1.807) is 16.2 Å². The van der Waals surface area contributed by atoms with Gasteiger partial charge in [0.05, 0.1) is 12.6 Å². The molecule has 1 aromatic carbocycles. The Bertz CT molecular complexity index is 672. The fourth-order valence-electron chi connectivity index (χ4n) is 2.43. The van der Waals surface area contributed by atoms with Crippen LogP contribution in [0.4, 0.5) is 5.69 Å². The van der Waals surface area contributed by atoms with Crippen LogP contribution in [0, 0.1) is 0 Å². The van der Waals surface area contributed by atoms with Crippen molar-refractivity contribution in [1.29, 1.82) is 0 Å². The van der Waals surface area contributed by atoms with Crippen LogP contribution < -0.4 is 20.1 Å². The van der Waals surface area contributed by atoms with Crippen molar-refractivity contribution in [2.75, 3.05) is 18.1 Å². The number of rotatable bonds is 5. The second-order valence-corrected chi connectivity index (χ2v) is 6.38. The number of carbonyl (C=O) groups is 1. The van der Waals surface area contributed by atoms with Crippen LogP contribution in [0.15, 0.2) is 35.7 Å². The number of ether oxygens (including phenoxy) is 2. The molecule has 0 radical (unpaired) electrons. The Morgan fingerprint density at radius 3 is 2.78 bits per heavy atom. The molecule has 0 bridgehead atoms. The molecule has 6 heteroatoms. The molecule has 0 fully saturated rings. The number of hydrogen-bond donors (Lipinski definition) is 1. The van der Waals surface area contributed by atoms with Gasteiger partial charge in [0.2, 0.25) is 5.91 Å². The number of nitrogens with two attached hydrogens (primary N) is 1. The van der Waals surface area contributed by atoms with Gasteiger partial charge in [-0.15, -0.1) is 11.3 Å². The van der Waals surface area contributed by atoms with Gasteiger partial charge >= 0.3 is 0 Å². The van der Waals surface area contributed by atoms with Gasteiger partial charge in [-0.2, -0.15) is 0 Å². The monoisotopic (exact) mass is 332 g/mol. The lowest BCUT2D eigenvalue weighted by Gasteiger charge is -2.27. The Morgan fingerprint density at radius 1 is 1.30 bits per heavy atom. The Labute approximate surface area is 139 Å². The molecule has 3 rings (SSSR count). The predicted molar refractivity (Wildman–Crippen MR) is 91.2 cm³/mol. The predicted octanol–water partition coefficient (Wildman–Crippen LogP) is 2.79. The average molecular weight is 332 g/mol. The molecule has 1 aliphatic rings. The molecule has 0 saturated carbocycles. The van der Waals surface area contributed by atoms with Gasteiger partial charge in [0.25, 0.3) is 0 Å². The highest BCUT2D eigenvalue weighted by Crippen LogP contribution is 2.34. The Morgan fingerprint density at radius 2 is 2.09 bits per heavy atom. The van der Waals surface area contributed by atoms with E-state index in [9.17, 15) is 4.79 Å². The van der Waals surface area contributed by atoms with Crippen molar-refractivity contribution in [3.05, 3.63) is 40.6 Å².